The van der Waals surface area contributed by atoms with Gasteiger partial charge in [0.05, 0.1) is 5.69 Å². The van der Waals surface area contributed by atoms with Gasteiger partial charge in [-0.2, -0.15) is 4.98 Å². The number of fused-ring (bicyclic) bond motifs is 3. The van der Waals surface area contributed by atoms with E-state index in [1.165, 1.54) is 51.7 Å². The molecule has 4 aromatic rings. The summed E-state index contributed by atoms with van der Waals surface area (Å²) in [5.41, 5.74) is 3.09. The van der Waals surface area contributed by atoms with E-state index < -0.39 is 11.4 Å². The molecule has 0 amide bonds. The Kier molecular flexibility index (Phi) is 4.47. The first-order valence-electron chi connectivity index (χ1n) is 12.4. The number of halogens is 1. The molecule has 10 heteroatoms. The van der Waals surface area contributed by atoms with Crippen LogP contribution in [0.4, 0.5) is 16.0 Å². The van der Waals surface area contributed by atoms with Crippen molar-refractivity contribution in [1.82, 2.24) is 29.6 Å². The molecular formula is C26H26FN7O2. The number of nitrogens with one attached hydrogen (secondary N) is 2. The maximum atomic E-state index is 15.0. The van der Waals surface area contributed by atoms with Gasteiger partial charge in [-0.05, 0) is 68.0 Å². The summed E-state index contributed by atoms with van der Waals surface area (Å²) in [5.74, 6) is -0.376. The minimum Gasteiger partial charge on any atom is -0.384 e. The van der Waals surface area contributed by atoms with Crippen LogP contribution in [0.2, 0.25) is 0 Å². The van der Waals surface area contributed by atoms with Crippen LogP contribution in [-0.4, -0.2) is 36.0 Å². The largest absolute Gasteiger partial charge is 0.384 e. The lowest BCUT2D eigenvalue weighted by Crippen LogP contribution is -2.33. The highest BCUT2D eigenvalue weighted by atomic mass is 19.1. The molecule has 0 bridgehead atoms. The van der Waals surface area contributed by atoms with Crippen LogP contribution in [0.15, 0.2) is 41.3 Å². The Hall–Kier alpha value is -3.63. The molecule has 36 heavy (non-hydrogen) atoms. The molecule has 0 atom stereocenters. The van der Waals surface area contributed by atoms with E-state index >= 15 is 4.39 Å². The van der Waals surface area contributed by atoms with Crippen LogP contribution >= 0.6 is 0 Å². The van der Waals surface area contributed by atoms with E-state index in [1.54, 1.807) is 6.92 Å². The average molecular weight is 488 g/mol. The first kappa shape index (κ1) is 21.6. The van der Waals surface area contributed by atoms with Crippen molar-refractivity contribution in [2.45, 2.75) is 56.7 Å². The number of hydrogen-bond donors (Lipinski definition) is 3. The third kappa shape index (κ3) is 3.21. The Balaban J connectivity index is 1.32. The van der Waals surface area contributed by atoms with E-state index in [-0.39, 0.29) is 29.0 Å². The summed E-state index contributed by atoms with van der Waals surface area (Å²) in [6.07, 6.45) is 5.05. The first-order valence-corrected chi connectivity index (χ1v) is 12.4. The lowest BCUT2D eigenvalue weighted by atomic mass is 9.88. The topological polar surface area (TPSA) is 110 Å². The Morgan fingerprint density at radius 2 is 2.00 bits per heavy atom. The smallest absolute Gasteiger partial charge is 0.278 e. The molecule has 9 nitrogen and oxygen atoms in total. The van der Waals surface area contributed by atoms with Gasteiger partial charge in [0.15, 0.2) is 17.3 Å². The van der Waals surface area contributed by atoms with Crippen molar-refractivity contribution in [3.05, 3.63) is 69.5 Å². The zero-order chi connectivity index (χ0) is 24.7. The van der Waals surface area contributed by atoms with Gasteiger partial charge in [-0.15, -0.1) is 0 Å². The molecule has 2 saturated carbocycles. The van der Waals surface area contributed by atoms with Crippen LogP contribution in [0, 0.1) is 5.82 Å². The Bertz CT molecular complexity index is 1600. The van der Waals surface area contributed by atoms with Crippen molar-refractivity contribution in [3.63, 3.8) is 0 Å². The van der Waals surface area contributed by atoms with Gasteiger partial charge in [-0.3, -0.25) is 4.79 Å². The number of anilines is 2. The number of hydrogen-bond acceptors (Lipinski definition) is 7. The highest BCUT2D eigenvalue weighted by Gasteiger charge is 2.47. The summed E-state index contributed by atoms with van der Waals surface area (Å²) >= 11 is 0. The molecule has 1 aliphatic heterocycles. The number of aliphatic hydroxyl groups is 1. The fourth-order valence-corrected chi connectivity index (χ4v) is 5.40. The van der Waals surface area contributed by atoms with E-state index in [1.807, 2.05) is 6.07 Å². The highest BCUT2D eigenvalue weighted by Crippen LogP contribution is 2.50. The van der Waals surface area contributed by atoms with Gasteiger partial charge in [-0.25, -0.2) is 23.7 Å². The fraction of sp³-hybridized carbons (Fsp3) is 0.385. The monoisotopic (exact) mass is 487 g/mol. The van der Waals surface area contributed by atoms with Crippen LogP contribution in [0.1, 0.15) is 49.4 Å². The van der Waals surface area contributed by atoms with Crippen LogP contribution in [0.3, 0.4) is 0 Å². The van der Waals surface area contributed by atoms with E-state index in [9.17, 15) is 9.90 Å². The lowest BCUT2D eigenvalue weighted by Gasteiger charge is -2.26. The van der Waals surface area contributed by atoms with Crippen molar-refractivity contribution in [2.75, 3.05) is 11.9 Å². The maximum absolute atomic E-state index is 15.0. The van der Waals surface area contributed by atoms with E-state index in [2.05, 4.69) is 37.7 Å². The predicted molar refractivity (Wildman–Crippen MR) is 132 cm³/mol. The van der Waals surface area contributed by atoms with Gasteiger partial charge in [0.1, 0.15) is 11.0 Å². The second-order valence-corrected chi connectivity index (χ2v) is 10.2. The summed E-state index contributed by atoms with van der Waals surface area (Å²) in [6, 6.07) is 9.09. The molecule has 1 spiro atoms. The molecular weight excluding hydrogens is 461 g/mol. The molecule has 0 unspecified atom stereocenters. The predicted octanol–water partition coefficient (Wildman–Crippen LogP) is 3.00. The van der Waals surface area contributed by atoms with Crippen LogP contribution < -0.4 is 16.2 Å². The van der Waals surface area contributed by atoms with Gasteiger partial charge in [0.2, 0.25) is 5.95 Å². The molecule has 7 rings (SSSR count). The normalized spacial score (nSPS) is 18.9. The minimum atomic E-state index is -1.04. The quantitative estimate of drug-likeness (QED) is 0.397. The van der Waals surface area contributed by atoms with Gasteiger partial charge >= 0.3 is 0 Å². The molecule has 0 saturated heterocycles. The number of aromatic nitrogens is 5. The standard InChI is InChI=1S/C26H26FN7O2/c1-2-33-23(35)17-13-29-24(30-16-3-4-18-15(11-16)12-28-14-25(18)7-8-25)32-21(17)34(33)22-19(27)5-6-20(31-22)26(36)9-10-26/h3-6,11,13,28,36H,2,7-10,12,14H2,1H3,(H,29,30,32). The SMILES string of the molecule is CCn1c(=O)c2cnc(Nc3ccc4c(c3)CNCC43CC3)nc2n1-c1nc(C2(O)CC2)ccc1F. The van der Waals surface area contributed by atoms with E-state index in [0.29, 0.717) is 29.9 Å². The van der Waals surface area contributed by atoms with Crippen LogP contribution in [0.25, 0.3) is 16.9 Å². The lowest BCUT2D eigenvalue weighted by molar-refractivity contribution is 0.146. The molecule has 1 aromatic carbocycles. The second kappa shape index (κ2) is 7.44. The summed E-state index contributed by atoms with van der Waals surface area (Å²) in [6.45, 7) is 3.93. The van der Waals surface area contributed by atoms with Crippen LogP contribution in [0.5, 0.6) is 0 Å². The molecule has 3 aromatic heterocycles. The summed E-state index contributed by atoms with van der Waals surface area (Å²) < 4.78 is 17.8. The van der Waals surface area contributed by atoms with Gasteiger partial charge < -0.3 is 15.7 Å². The molecule has 4 heterocycles. The van der Waals surface area contributed by atoms with Crippen molar-refractivity contribution < 1.29 is 9.50 Å². The highest BCUT2D eigenvalue weighted by molar-refractivity contribution is 5.77. The van der Waals surface area contributed by atoms with Gasteiger partial charge in [0.25, 0.3) is 5.56 Å². The maximum Gasteiger partial charge on any atom is 0.278 e. The molecule has 3 aliphatic rings. The number of benzene rings is 1. The molecule has 184 valence electrons. The average Bonchev–Trinajstić information content (AvgIpc) is 3.80. The summed E-state index contributed by atoms with van der Waals surface area (Å²) in [5, 5.41) is 17.6. The minimum absolute atomic E-state index is 0.0685. The first-order chi connectivity index (χ1) is 17.4. The molecule has 3 N–H and O–H groups in total. The van der Waals surface area contributed by atoms with Gasteiger partial charge in [0, 0.05) is 36.9 Å². The number of rotatable bonds is 5. The van der Waals surface area contributed by atoms with Crippen LogP contribution in [-0.2, 0) is 24.1 Å². The van der Waals surface area contributed by atoms with Crippen molar-refractivity contribution >= 4 is 22.7 Å². The van der Waals surface area contributed by atoms with E-state index in [4.69, 9.17) is 0 Å². The second-order valence-electron chi connectivity index (χ2n) is 10.2. The number of pyridine rings is 1. The third-order valence-electron chi connectivity index (χ3n) is 7.77. The Labute approximate surface area is 206 Å². The van der Waals surface area contributed by atoms with Crippen molar-refractivity contribution in [2.24, 2.45) is 0 Å². The van der Waals surface area contributed by atoms with Gasteiger partial charge in [-0.1, -0.05) is 6.07 Å². The fourth-order valence-electron chi connectivity index (χ4n) is 5.40. The molecule has 2 fully saturated rings. The Morgan fingerprint density at radius 1 is 1.17 bits per heavy atom. The molecule has 2 aliphatic carbocycles. The summed E-state index contributed by atoms with van der Waals surface area (Å²) in [7, 11) is 0. The third-order valence-corrected chi connectivity index (χ3v) is 7.77. The zero-order valence-corrected chi connectivity index (χ0v) is 19.9. The zero-order valence-electron chi connectivity index (χ0n) is 19.9. The van der Waals surface area contributed by atoms with Crippen molar-refractivity contribution in [1.29, 1.82) is 0 Å². The molecule has 0 radical (unpaired) electrons. The Morgan fingerprint density at radius 3 is 2.75 bits per heavy atom. The summed E-state index contributed by atoms with van der Waals surface area (Å²) in [4.78, 5) is 26.5. The number of nitrogens with zero attached hydrogens (tertiary/aromatic N) is 5. The van der Waals surface area contributed by atoms with E-state index in [0.717, 1.165) is 18.8 Å². The van der Waals surface area contributed by atoms with Crippen molar-refractivity contribution in [3.8, 4) is 5.82 Å².